The van der Waals surface area contributed by atoms with Crippen LogP contribution in [0.4, 0.5) is 0 Å². The van der Waals surface area contributed by atoms with E-state index in [0.717, 1.165) is 5.71 Å². The molecule has 0 fully saturated rings. The zero-order chi connectivity index (χ0) is 11.6. The summed E-state index contributed by atoms with van der Waals surface area (Å²) in [7, 11) is 0. The van der Waals surface area contributed by atoms with E-state index in [0.29, 0.717) is 0 Å². The third-order valence-corrected chi connectivity index (χ3v) is 1.78. The van der Waals surface area contributed by atoms with Crippen LogP contribution in [0, 0.1) is 10.8 Å². The van der Waals surface area contributed by atoms with Gasteiger partial charge in [-0.1, -0.05) is 46.7 Å². The van der Waals surface area contributed by atoms with Crippen LogP contribution < -0.4 is 0 Å². The van der Waals surface area contributed by atoms with Crippen LogP contribution in [0.25, 0.3) is 0 Å². The number of oxime groups is 1. The Kier molecular flexibility index (Phi) is 4.16. The van der Waals surface area contributed by atoms with E-state index < -0.39 is 0 Å². The molecule has 2 heteroatoms. The topological polar surface area (TPSA) is 21.6 Å². The summed E-state index contributed by atoms with van der Waals surface area (Å²) in [4.78, 5) is 5.34. The van der Waals surface area contributed by atoms with Crippen molar-refractivity contribution in [3.8, 4) is 0 Å². The van der Waals surface area contributed by atoms with Crippen molar-refractivity contribution in [2.75, 3.05) is 0 Å². The first-order chi connectivity index (χ1) is 6.05. The van der Waals surface area contributed by atoms with Gasteiger partial charge >= 0.3 is 0 Å². The SMILES string of the molecule is CC(C)ON=C(C(C)(C)C)C(C)(C)C. The van der Waals surface area contributed by atoms with Crippen LogP contribution in [-0.2, 0) is 4.84 Å². The Morgan fingerprint density at radius 2 is 1.29 bits per heavy atom. The van der Waals surface area contributed by atoms with Gasteiger partial charge in [-0.2, -0.15) is 0 Å². The summed E-state index contributed by atoms with van der Waals surface area (Å²) in [6.07, 6.45) is 0.148. The Bertz CT molecular complexity index is 187. The Morgan fingerprint density at radius 3 is 1.50 bits per heavy atom. The normalized spacial score (nSPS) is 12.9. The van der Waals surface area contributed by atoms with Gasteiger partial charge in [-0.05, 0) is 13.8 Å². The third kappa shape index (κ3) is 4.64. The van der Waals surface area contributed by atoms with Gasteiger partial charge in [0.05, 0.1) is 5.71 Å². The molecule has 0 N–H and O–H groups in total. The highest BCUT2D eigenvalue weighted by Crippen LogP contribution is 2.30. The average Bonchev–Trinajstić information content (AvgIpc) is 1.78. The van der Waals surface area contributed by atoms with Crippen LogP contribution in [-0.4, -0.2) is 11.8 Å². The fourth-order valence-corrected chi connectivity index (χ4v) is 1.56. The average molecular weight is 199 g/mol. The maximum Gasteiger partial charge on any atom is 0.122 e. The molecule has 0 aliphatic heterocycles. The third-order valence-electron chi connectivity index (χ3n) is 1.78. The van der Waals surface area contributed by atoms with Crippen LogP contribution in [0.3, 0.4) is 0 Å². The quantitative estimate of drug-likeness (QED) is 0.489. The zero-order valence-electron chi connectivity index (χ0n) is 10.9. The molecule has 0 radical (unpaired) electrons. The smallest absolute Gasteiger partial charge is 0.122 e. The summed E-state index contributed by atoms with van der Waals surface area (Å²) in [6, 6.07) is 0. The molecule has 0 heterocycles. The van der Waals surface area contributed by atoms with Gasteiger partial charge in [0.2, 0.25) is 0 Å². The largest absolute Gasteiger partial charge is 0.393 e. The first-order valence-electron chi connectivity index (χ1n) is 5.30. The molecule has 0 aromatic carbocycles. The molecule has 84 valence electrons. The lowest BCUT2D eigenvalue weighted by atomic mass is 9.75. The fourth-order valence-electron chi connectivity index (χ4n) is 1.56. The lowest BCUT2D eigenvalue weighted by Gasteiger charge is -2.31. The molecule has 0 spiro atoms. The van der Waals surface area contributed by atoms with Crippen LogP contribution >= 0.6 is 0 Å². The maximum absolute atomic E-state index is 5.34. The van der Waals surface area contributed by atoms with E-state index in [9.17, 15) is 0 Å². The molecular formula is C12H25NO. The van der Waals surface area contributed by atoms with Crippen molar-refractivity contribution in [3.05, 3.63) is 0 Å². The molecule has 14 heavy (non-hydrogen) atoms. The summed E-state index contributed by atoms with van der Waals surface area (Å²) in [5.74, 6) is 0. The molecule has 0 saturated heterocycles. The Hall–Kier alpha value is -0.530. The van der Waals surface area contributed by atoms with Gasteiger partial charge < -0.3 is 4.84 Å². The van der Waals surface area contributed by atoms with E-state index in [1.54, 1.807) is 0 Å². The second kappa shape index (κ2) is 4.33. The summed E-state index contributed by atoms with van der Waals surface area (Å²) in [5, 5.41) is 4.28. The molecule has 0 aliphatic rings. The minimum absolute atomic E-state index is 0.0626. The van der Waals surface area contributed by atoms with Crippen molar-refractivity contribution in [1.82, 2.24) is 0 Å². The zero-order valence-corrected chi connectivity index (χ0v) is 10.9. The number of nitrogens with zero attached hydrogens (tertiary/aromatic N) is 1. The van der Waals surface area contributed by atoms with Gasteiger partial charge in [0.1, 0.15) is 6.10 Å². The first kappa shape index (κ1) is 13.5. The van der Waals surface area contributed by atoms with Crippen molar-refractivity contribution in [1.29, 1.82) is 0 Å². The Morgan fingerprint density at radius 1 is 0.929 bits per heavy atom. The van der Waals surface area contributed by atoms with Gasteiger partial charge in [-0.15, -0.1) is 0 Å². The van der Waals surface area contributed by atoms with Gasteiger partial charge in [-0.25, -0.2) is 0 Å². The van der Waals surface area contributed by atoms with Crippen molar-refractivity contribution in [3.63, 3.8) is 0 Å². The van der Waals surface area contributed by atoms with Crippen LogP contribution in [0.5, 0.6) is 0 Å². The molecule has 0 amide bonds. The second-order valence-corrected chi connectivity index (χ2v) is 6.09. The van der Waals surface area contributed by atoms with Crippen LogP contribution in [0.15, 0.2) is 5.16 Å². The predicted molar refractivity (Wildman–Crippen MR) is 62.6 cm³/mol. The van der Waals surface area contributed by atoms with E-state index in [1.807, 2.05) is 13.8 Å². The molecule has 0 aromatic rings. The summed E-state index contributed by atoms with van der Waals surface area (Å²) in [5.41, 5.74) is 1.24. The number of rotatable bonds is 2. The number of hydrogen-bond acceptors (Lipinski definition) is 2. The molecule has 0 atom stereocenters. The summed E-state index contributed by atoms with van der Waals surface area (Å²) < 4.78 is 0. The van der Waals surface area contributed by atoms with Crippen molar-refractivity contribution >= 4 is 5.71 Å². The minimum atomic E-state index is 0.0626. The lowest BCUT2D eigenvalue weighted by Crippen LogP contribution is -2.33. The van der Waals surface area contributed by atoms with Crippen molar-refractivity contribution in [2.45, 2.75) is 61.5 Å². The lowest BCUT2D eigenvalue weighted by molar-refractivity contribution is 0.0810. The van der Waals surface area contributed by atoms with Crippen molar-refractivity contribution in [2.24, 2.45) is 16.0 Å². The molecule has 0 bridgehead atoms. The van der Waals surface area contributed by atoms with E-state index in [-0.39, 0.29) is 16.9 Å². The highest BCUT2D eigenvalue weighted by molar-refractivity contribution is 5.93. The van der Waals surface area contributed by atoms with Crippen molar-refractivity contribution < 1.29 is 4.84 Å². The predicted octanol–water partition coefficient (Wildman–Crippen LogP) is 3.86. The summed E-state index contributed by atoms with van der Waals surface area (Å²) >= 11 is 0. The Labute approximate surface area is 88.7 Å². The van der Waals surface area contributed by atoms with Gasteiger partial charge in [-0.3, -0.25) is 0 Å². The summed E-state index contributed by atoms with van der Waals surface area (Å²) in [6.45, 7) is 17.0. The van der Waals surface area contributed by atoms with E-state index in [1.165, 1.54) is 0 Å². The molecule has 0 unspecified atom stereocenters. The van der Waals surface area contributed by atoms with Gasteiger partial charge in [0.15, 0.2) is 0 Å². The first-order valence-corrected chi connectivity index (χ1v) is 5.30. The van der Waals surface area contributed by atoms with E-state index in [2.05, 4.69) is 46.7 Å². The Balaban J connectivity index is 4.84. The highest BCUT2D eigenvalue weighted by Gasteiger charge is 2.30. The highest BCUT2D eigenvalue weighted by atomic mass is 16.6. The molecular weight excluding hydrogens is 174 g/mol. The minimum Gasteiger partial charge on any atom is -0.393 e. The standard InChI is InChI=1S/C12H25NO/c1-9(2)14-13-10(11(3,4)5)12(6,7)8/h9H,1-8H3. The van der Waals surface area contributed by atoms with Crippen LogP contribution in [0.1, 0.15) is 55.4 Å². The van der Waals surface area contributed by atoms with E-state index in [4.69, 9.17) is 4.84 Å². The second-order valence-electron chi connectivity index (χ2n) is 6.09. The van der Waals surface area contributed by atoms with E-state index >= 15 is 0 Å². The molecule has 0 aliphatic carbocycles. The monoisotopic (exact) mass is 199 g/mol. The maximum atomic E-state index is 5.34. The van der Waals surface area contributed by atoms with Gasteiger partial charge in [0.25, 0.3) is 0 Å². The fraction of sp³-hybridized carbons (Fsp3) is 0.917. The molecule has 0 aromatic heterocycles. The molecule has 2 nitrogen and oxygen atoms in total. The molecule has 0 rings (SSSR count). The number of hydrogen-bond donors (Lipinski definition) is 0. The van der Waals surface area contributed by atoms with Gasteiger partial charge in [0, 0.05) is 10.8 Å². The molecule has 0 saturated carbocycles. The van der Waals surface area contributed by atoms with Crippen LogP contribution in [0.2, 0.25) is 0 Å².